The summed E-state index contributed by atoms with van der Waals surface area (Å²) in [5.41, 5.74) is 7.36. The molecule has 0 aliphatic rings. The van der Waals surface area contributed by atoms with E-state index in [1.54, 1.807) is 36.4 Å². The first kappa shape index (κ1) is 22.0. The summed E-state index contributed by atoms with van der Waals surface area (Å²) in [6, 6.07) is 8.34. The van der Waals surface area contributed by atoms with E-state index < -0.39 is 17.9 Å². The monoisotopic (exact) mass is 426 g/mol. The number of aliphatic hydroxyl groups is 1. The standard InChI is InChI=1S/C22H23FN4O4/c1-13(21(24)29)25-22(30)16-8-10-18-19(20(16)31-12-2-11-28)17(26-27-18)9-5-14-3-6-15(23)7-4-14/h3-10,13,28H,2,11-12H2,1H3,(H2,24,29)(H,25,30)(H,26,27)/b9-5+/t13-/m0/s1. The van der Waals surface area contributed by atoms with E-state index in [2.05, 4.69) is 15.5 Å². The van der Waals surface area contributed by atoms with Crippen molar-refractivity contribution in [2.45, 2.75) is 19.4 Å². The fourth-order valence-electron chi connectivity index (χ4n) is 2.89. The van der Waals surface area contributed by atoms with E-state index in [1.165, 1.54) is 19.1 Å². The molecule has 5 N–H and O–H groups in total. The second-order valence-electron chi connectivity index (χ2n) is 6.88. The Balaban J connectivity index is 2.02. The second-order valence-corrected chi connectivity index (χ2v) is 6.88. The third kappa shape index (κ3) is 5.26. The number of carbonyl (C=O) groups excluding carboxylic acids is 2. The third-order valence-corrected chi connectivity index (χ3v) is 4.58. The number of aromatic amines is 1. The van der Waals surface area contributed by atoms with E-state index in [1.807, 2.05) is 0 Å². The van der Waals surface area contributed by atoms with Crippen LogP contribution in [-0.2, 0) is 4.79 Å². The lowest BCUT2D eigenvalue weighted by molar-refractivity contribution is -0.119. The number of nitrogens with one attached hydrogen (secondary N) is 2. The molecule has 0 radical (unpaired) electrons. The number of nitrogens with two attached hydrogens (primary N) is 1. The lowest BCUT2D eigenvalue weighted by Gasteiger charge is -2.15. The molecule has 31 heavy (non-hydrogen) atoms. The van der Waals surface area contributed by atoms with Gasteiger partial charge in [-0.3, -0.25) is 14.7 Å². The number of aromatic nitrogens is 2. The zero-order valence-corrected chi connectivity index (χ0v) is 16.9. The van der Waals surface area contributed by atoms with Gasteiger partial charge in [0.05, 0.1) is 28.8 Å². The van der Waals surface area contributed by atoms with E-state index >= 15 is 0 Å². The quantitative estimate of drug-likeness (QED) is 0.390. The summed E-state index contributed by atoms with van der Waals surface area (Å²) in [4.78, 5) is 24.1. The average molecular weight is 426 g/mol. The van der Waals surface area contributed by atoms with Gasteiger partial charge in [0.15, 0.2) is 0 Å². The molecule has 0 saturated heterocycles. The van der Waals surface area contributed by atoms with Crippen LogP contribution >= 0.6 is 0 Å². The summed E-state index contributed by atoms with van der Waals surface area (Å²) in [6.45, 7) is 1.59. The minimum atomic E-state index is -0.865. The molecule has 0 unspecified atom stereocenters. The van der Waals surface area contributed by atoms with Crippen LogP contribution in [0.5, 0.6) is 5.75 Å². The SMILES string of the molecule is C[C@H](NC(=O)c1ccc2[nH]nc(/C=C/c3ccc(F)cc3)c2c1OCCCO)C(N)=O. The Morgan fingerprint density at radius 3 is 2.68 bits per heavy atom. The highest BCUT2D eigenvalue weighted by atomic mass is 19.1. The molecule has 0 saturated carbocycles. The average Bonchev–Trinajstić information content (AvgIpc) is 3.16. The van der Waals surface area contributed by atoms with Crippen LogP contribution in [0.4, 0.5) is 4.39 Å². The van der Waals surface area contributed by atoms with Crippen LogP contribution in [-0.4, -0.2) is 46.4 Å². The maximum absolute atomic E-state index is 13.1. The Morgan fingerprint density at radius 2 is 2.00 bits per heavy atom. The molecule has 9 heteroatoms. The molecule has 3 aromatic rings. The number of nitrogens with zero attached hydrogens (tertiary/aromatic N) is 1. The second kappa shape index (κ2) is 9.86. The molecule has 162 valence electrons. The smallest absolute Gasteiger partial charge is 0.255 e. The lowest BCUT2D eigenvalue weighted by atomic mass is 10.1. The summed E-state index contributed by atoms with van der Waals surface area (Å²) >= 11 is 0. The minimum absolute atomic E-state index is 0.0705. The number of halogens is 1. The predicted molar refractivity (Wildman–Crippen MR) is 115 cm³/mol. The summed E-state index contributed by atoms with van der Waals surface area (Å²) in [6.07, 6.45) is 3.85. The Hall–Kier alpha value is -3.72. The Bertz CT molecular complexity index is 1110. The fourth-order valence-corrected chi connectivity index (χ4v) is 2.89. The van der Waals surface area contributed by atoms with Gasteiger partial charge in [0, 0.05) is 13.0 Å². The Labute approximate surface area is 177 Å². The van der Waals surface area contributed by atoms with Gasteiger partial charge in [0.25, 0.3) is 5.91 Å². The van der Waals surface area contributed by atoms with Gasteiger partial charge in [0.1, 0.15) is 17.6 Å². The summed E-state index contributed by atoms with van der Waals surface area (Å²) in [7, 11) is 0. The van der Waals surface area contributed by atoms with Gasteiger partial charge in [-0.25, -0.2) is 4.39 Å². The zero-order valence-electron chi connectivity index (χ0n) is 16.9. The van der Waals surface area contributed by atoms with Gasteiger partial charge in [0.2, 0.25) is 5.91 Å². The number of amides is 2. The molecule has 8 nitrogen and oxygen atoms in total. The first-order chi connectivity index (χ1) is 14.9. The number of H-pyrrole nitrogens is 1. The molecule has 2 aromatic carbocycles. The van der Waals surface area contributed by atoms with Crippen molar-refractivity contribution in [1.29, 1.82) is 0 Å². The van der Waals surface area contributed by atoms with Crippen LogP contribution in [0.25, 0.3) is 23.1 Å². The molecular formula is C22H23FN4O4. The molecule has 0 spiro atoms. The van der Waals surface area contributed by atoms with Crippen molar-refractivity contribution < 1.29 is 23.8 Å². The van der Waals surface area contributed by atoms with Gasteiger partial charge in [-0.2, -0.15) is 5.10 Å². The van der Waals surface area contributed by atoms with Crippen molar-refractivity contribution >= 4 is 34.9 Å². The molecule has 1 heterocycles. The normalized spacial score (nSPS) is 12.2. The number of carbonyl (C=O) groups is 2. The van der Waals surface area contributed by atoms with Gasteiger partial charge in [-0.05, 0) is 42.8 Å². The summed E-state index contributed by atoms with van der Waals surface area (Å²) in [5.74, 6) is -1.25. The van der Waals surface area contributed by atoms with Crippen molar-refractivity contribution in [3.63, 3.8) is 0 Å². The van der Waals surface area contributed by atoms with Gasteiger partial charge in [-0.1, -0.05) is 18.2 Å². The van der Waals surface area contributed by atoms with E-state index in [4.69, 9.17) is 15.6 Å². The number of hydrogen-bond donors (Lipinski definition) is 4. The minimum Gasteiger partial charge on any atom is -0.492 e. The first-order valence-corrected chi connectivity index (χ1v) is 9.69. The number of hydrogen-bond acceptors (Lipinski definition) is 5. The zero-order chi connectivity index (χ0) is 22.4. The van der Waals surface area contributed by atoms with Crippen molar-refractivity contribution in [3.8, 4) is 5.75 Å². The van der Waals surface area contributed by atoms with Crippen molar-refractivity contribution in [1.82, 2.24) is 15.5 Å². The molecule has 0 bridgehead atoms. The maximum Gasteiger partial charge on any atom is 0.255 e. The number of aliphatic hydroxyl groups excluding tert-OH is 1. The molecule has 3 rings (SSSR count). The van der Waals surface area contributed by atoms with Gasteiger partial charge >= 0.3 is 0 Å². The molecule has 0 fully saturated rings. The number of primary amides is 1. The van der Waals surface area contributed by atoms with Crippen LogP contribution in [0.1, 0.15) is 35.0 Å². The topological polar surface area (TPSA) is 130 Å². The van der Waals surface area contributed by atoms with E-state index in [9.17, 15) is 14.0 Å². The van der Waals surface area contributed by atoms with Crippen molar-refractivity contribution in [3.05, 3.63) is 59.0 Å². The van der Waals surface area contributed by atoms with Crippen LogP contribution < -0.4 is 15.8 Å². The van der Waals surface area contributed by atoms with E-state index in [-0.39, 0.29) is 30.3 Å². The number of rotatable bonds is 9. The highest BCUT2D eigenvalue weighted by Crippen LogP contribution is 2.33. The fraction of sp³-hybridized carbons (Fsp3) is 0.227. The molecule has 0 aliphatic heterocycles. The predicted octanol–water partition coefficient (Wildman–Crippen LogP) is 2.24. The van der Waals surface area contributed by atoms with E-state index in [0.717, 1.165) is 5.56 Å². The van der Waals surface area contributed by atoms with E-state index in [0.29, 0.717) is 23.0 Å². The van der Waals surface area contributed by atoms with Crippen LogP contribution in [0.15, 0.2) is 36.4 Å². The molecule has 1 aromatic heterocycles. The molecule has 2 amide bonds. The highest BCUT2D eigenvalue weighted by Gasteiger charge is 2.22. The van der Waals surface area contributed by atoms with Crippen LogP contribution in [0.3, 0.4) is 0 Å². The van der Waals surface area contributed by atoms with Gasteiger partial charge < -0.3 is 20.9 Å². The third-order valence-electron chi connectivity index (χ3n) is 4.58. The number of fused-ring (bicyclic) bond motifs is 1. The molecule has 0 aliphatic carbocycles. The first-order valence-electron chi connectivity index (χ1n) is 9.69. The summed E-state index contributed by atoms with van der Waals surface area (Å²) in [5, 5.41) is 19.4. The molecule has 1 atom stereocenters. The lowest BCUT2D eigenvalue weighted by Crippen LogP contribution is -2.42. The molecular weight excluding hydrogens is 403 g/mol. The van der Waals surface area contributed by atoms with Crippen molar-refractivity contribution in [2.24, 2.45) is 5.73 Å². The van der Waals surface area contributed by atoms with Crippen LogP contribution in [0, 0.1) is 5.82 Å². The maximum atomic E-state index is 13.1. The highest BCUT2D eigenvalue weighted by molar-refractivity contribution is 6.06. The Kier molecular flexibility index (Phi) is 6.99. The number of benzene rings is 2. The van der Waals surface area contributed by atoms with Gasteiger partial charge in [-0.15, -0.1) is 0 Å². The van der Waals surface area contributed by atoms with Crippen molar-refractivity contribution in [2.75, 3.05) is 13.2 Å². The Morgan fingerprint density at radius 1 is 1.26 bits per heavy atom. The van der Waals surface area contributed by atoms with Crippen LogP contribution in [0.2, 0.25) is 0 Å². The number of ether oxygens (including phenoxy) is 1. The largest absolute Gasteiger partial charge is 0.492 e. The summed E-state index contributed by atoms with van der Waals surface area (Å²) < 4.78 is 19.0.